The van der Waals surface area contributed by atoms with Crippen LogP contribution in [0.2, 0.25) is 0 Å². The fraction of sp³-hybridized carbons (Fsp3) is 0.636. The van der Waals surface area contributed by atoms with Crippen molar-refractivity contribution in [1.29, 1.82) is 0 Å². The Bertz CT molecular complexity index is 412. The van der Waals surface area contributed by atoms with Gasteiger partial charge in [-0.3, -0.25) is 0 Å². The first-order valence-electron chi connectivity index (χ1n) is 5.58. The molecule has 1 N–H and O–H groups in total. The van der Waals surface area contributed by atoms with Crippen LogP contribution in [0.4, 0.5) is 0 Å². The summed E-state index contributed by atoms with van der Waals surface area (Å²) >= 11 is 0. The number of nitrogens with one attached hydrogen (secondary N) is 1. The molecule has 1 aromatic heterocycles. The lowest BCUT2D eigenvalue weighted by Gasteiger charge is -2.14. The van der Waals surface area contributed by atoms with E-state index in [9.17, 15) is 8.42 Å². The number of hydrogen-bond acceptors (Lipinski definition) is 4. The van der Waals surface area contributed by atoms with Gasteiger partial charge < -0.3 is 9.73 Å². The van der Waals surface area contributed by atoms with E-state index in [0.717, 1.165) is 12.2 Å². The molecule has 17 heavy (non-hydrogen) atoms. The third-order valence-corrected chi connectivity index (χ3v) is 4.33. The number of rotatable bonds is 7. The second kappa shape index (κ2) is 6.18. The first kappa shape index (κ1) is 14.2. The monoisotopic (exact) mass is 260 g/mol. The van der Waals surface area contributed by atoms with Crippen LogP contribution in [0.5, 0.6) is 0 Å². The molecule has 0 amide bonds. The fourth-order valence-electron chi connectivity index (χ4n) is 1.42. The molecule has 0 aliphatic rings. The van der Waals surface area contributed by atoms with Crippen LogP contribution in [-0.4, -0.2) is 45.2 Å². The van der Waals surface area contributed by atoms with Gasteiger partial charge in [-0.1, -0.05) is 0 Å². The quantitative estimate of drug-likeness (QED) is 0.783. The van der Waals surface area contributed by atoms with Crippen LogP contribution in [0, 0.1) is 0 Å². The Kier molecular flexibility index (Phi) is 5.17. The van der Waals surface area contributed by atoms with Gasteiger partial charge in [-0.05, 0) is 19.1 Å². The summed E-state index contributed by atoms with van der Waals surface area (Å²) in [5.41, 5.74) is 0. The largest absolute Gasteiger partial charge is 0.469 e. The second-order valence-electron chi connectivity index (χ2n) is 4.24. The smallest absolute Gasteiger partial charge is 0.214 e. The van der Waals surface area contributed by atoms with Crippen LogP contribution in [0.3, 0.4) is 0 Å². The van der Waals surface area contributed by atoms with Crippen molar-refractivity contribution in [3.8, 4) is 0 Å². The average molecular weight is 260 g/mol. The van der Waals surface area contributed by atoms with Gasteiger partial charge in [0.15, 0.2) is 0 Å². The van der Waals surface area contributed by atoms with E-state index in [0.29, 0.717) is 6.54 Å². The molecule has 0 aromatic carbocycles. The minimum Gasteiger partial charge on any atom is -0.469 e. The first-order chi connectivity index (χ1) is 7.92. The van der Waals surface area contributed by atoms with Crippen LogP contribution in [-0.2, 0) is 16.4 Å². The maximum Gasteiger partial charge on any atom is 0.214 e. The minimum atomic E-state index is -3.11. The summed E-state index contributed by atoms with van der Waals surface area (Å²) in [4.78, 5) is 0. The molecule has 0 aliphatic heterocycles. The van der Waals surface area contributed by atoms with Crippen LogP contribution >= 0.6 is 0 Å². The summed E-state index contributed by atoms with van der Waals surface area (Å²) in [7, 11) is -0.0220. The molecule has 0 saturated heterocycles. The van der Waals surface area contributed by atoms with Crippen molar-refractivity contribution in [3.05, 3.63) is 24.2 Å². The van der Waals surface area contributed by atoms with Gasteiger partial charge in [0.2, 0.25) is 10.0 Å². The molecule has 6 heteroatoms. The predicted molar refractivity (Wildman–Crippen MR) is 67.4 cm³/mol. The van der Waals surface area contributed by atoms with Gasteiger partial charge in [-0.2, -0.15) is 0 Å². The highest BCUT2D eigenvalue weighted by Gasteiger charge is 2.13. The molecule has 1 rings (SSSR count). The van der Waals surface area contributed by atoms with Gasteiger partial charge in [0.1, 0.15) is 5.76 Å². The lowest BCUT2D eigenvalue weighted by molar-refractivity contribution is 0.460. The Morgan fingerprint density at radius 3 is 2.71 bits per heavy atom. The Morgan fingerprint density at radius 2 is 2.18 bits per heavy atom. The molecule has 0 fully saturated rings. The van der Waals surface area contributed by atoms with E-state index in [1.54, 1.807) is 20.4 Å². The molecule has 0 radical (unpaired) electrons. The van der Waals surface area contributed by atoms with Crippen molar-refractivity contribution < 1.29 is 12.8 Å². The molecule has 0 bridgehead atoms. The van der Waals surface area contributed by atoms with Gasteiger partial charge in [-0.25, -0.2) is 12.7 Å². The molecule has 1 unspecified atom stereocenters. The van der Waals surface area contributed by atoms with Crippen molar-refractivity contribution in [2.24, 2.45) is 0 Å². The van der Waals surface area contributed by atoms with Gasteiger partial charge in [0.25, 0.3) is 0 Å². The molecule has 1 heterocycles. The molecule has 98 valence electrons. The highest BCUT2D eigenvalue weighted by atomic mass is 32.2. The van der Waals surface area contributed by atoms with E-state index >= 15 is 0 Å². The number of hydrogen-bond donors (Lipinski definition) is 1. The minimum absolute atomic E-state index is 0.114. The molecule has 1 atom stereocenters. The maximum atomic E-state index is 11.5. The molecule has 5 nitrogen and oxygen atoms in total. The zero-order chi connectivity index (χ0) is 12.9. The topological polar surface area (TPSA) is 62.6 Å². The van der Waals surface area contributed by atoms with E-state index in [1.165, 1.54) is 4.31 Å². The summed E-state index contributed by atoms with van der Waals surface area (Å²) in [5.74, 6) is 1.02. The highest BCUT2D eigenvalue weighted by molar-refractivity contribution is 7.89. The standard InChI is InChI=1S/C11H20N2O3S/c1-10(9-11-5-4-7-16-11)12-6-8-17(14,15)13(2)3/h4-5,7,10,12H,6,8-9H2,1-3H3. The van der Waals surface area contributed by atoms with Crippen LogP contribution in [0.25, 0.3) is 0 Å². The van der Waals surface area contributed by atoms with Gasteiger partial charge in [-0.15, -0.1) is 0 Å². The van der Waals surface area contributed by atoms with Crippen LogP contribution < -0.4 is 5.32 Å². The van der Waals surface area contributed by atoms with Crippen LogP contribution in [0.15, 0.2) is 22.8 Å². The van der Waals surface area contributed by atoms with Crippen molar-refractivity contribution in [2.45, 2.75) is 19.4 Å². The maximum absolute atomic E-state index is 11.5. The molecular weight excluding hydrogens is 240 g/mol. The lowest BCUT2D eigenvalue weighted by Crippen LogP contribution is -2.35. The highest BCUT2D eigenvalue weighted by Crippen LogP contribution is 2.03. The summed E-state index contributed by atoms with van der Waals surface area (Å²) in [6.45, 7) is 2.45. The summed E-state index contributed by atoms with van der Waals surface area (Å²) < 4.78 is 29.5. The zero-order valence-corrected chi connectivity index (χ0v) is 11.3. The SMILES string of the molecule is CC(Cc1ccco1)NCCS(=O)(=O)N(C)C. The zero-order valence-electron chi connectivity index (χ0n) is 10.5. The van der Waals surface area contributed by atoms with Crippen molar-refractivity contribution in [3.63, 3.8) is 0 Å². The number of furan rings is 1. The predicted octanol–water partition coefficient (Wildman–Crippen LogP) is 0.692. The summed E-state index contributed by atoms with van der Waals surface area (Å²) in [5, 5.41) is 3.17. The Hall–Kier alpha value is -0.850. The summed E-state index contributed by atoms with van der Waals surface area (Å²) in [6.07, 6.45) is 2.40. The Labute approximate surface area is 103 Å². The van der Waals surface area contributed by atoms with Gasteiger partial charge >= 0.3 is 0 Å². The Balaban J connectivity index is 2.27. The van der Waals surface area contributed by atoms with E-state index in [-0.39, 0.29) is 11.8 Å². The van der Waals surface area contributed by atoms with E-state index in [2.05, 4.69) is 5.32 Å². The fourth-order valence-corrected chi connectivity index (χ4v) is 2.16. The normalized spacial score (nSPS) is 14.1. The molecular formula is C11H20N2O3S. The average Bonchev–Trinajstić information content (AvgIpc) is 2.69. The van der Waals surface area contributed by atoms with Crippen molar-refractivity contribution in [2.75, 3.05) is 26.4 Å². The third-order valence-electron chi connectivity index (χ3n) is 2.50. The van der Waals surface area contributed by atoms with Crippen molar-refractivity contribution in [1.82, 2.24) is 9.62 Å². The van der Waals surface area contributed by atoms with Gasteiger partial charge in [0.05, 0.1) is 12.0 Å². The Morgan fingerprint density at radius 1 is 1.47 bits per heavy atom. The number of sulfonamides is 1. The van der Waals surface area contributed by atoms with Crippen molar-refractivity contribution >= 4 is 10.0 Å². The first-order valence-corrected chi connectivity index (χ1v) is 7.18. The lowest BCUT2D eigenvalue weighted by atomic mass is 10.2. The third kappa shape index (κ3) is 4.89. The molecule has 0 aliphatic carbocycles. The molecule has 0 spiro atoms. The van der Waals surface area contributed by atoms with Crippen LogP contribution in [0.1, 0.15) is 12.7 Å². The van der Waals surface area contributed by atoms with E-state index in [4.69, 9.17) is 4.42 Å². The molecule has 1 aromatic rings. The number of nitrogens with zero attached hydrogens (tertiary/aromatic N) is 1. The summed E-state index contributed by atoms with van der Waals surface area (Å²) in [6, 6.07) is 3.95. The van der Waals surface area contributed by atoms with E-state index in [1.807, 2.05) is 19.1 Å². The second-order valence-corrected chi connectivity index (χ2v) is 6.54. The van der Waals surface area contributed by atoms with Gasteiger partial charge in [0, 0.05) is 33.1 Å². The molecule has 0 saturated carbocycles. The van der Waals surface area contributed by atoms with E-state index < -0.39 is 10.0 Å².